The predicted molar refractivity (Wildman–Crippen MR) is 98.5 cm³/mol. The molecule has 6 nitrogen and oxygen atoms in total. The van der Waals surface area contributed by atoms with Gasteiger partial charge in [-0.05, 0) is 31.2 Å². The fraction of sp³-hybridized carbons (Fsp3) is 0.350. The topological polar surface area (TPSA) is 56.1 Å². The van der Waals surface area contributed by atoms with Gasteiger partial charge in [-0.1, -0.05) is 6.07 Å². The first-order chi connectivity index (χ1) is 12.8. The molecule has 1 aliphatic rings. The zero-order chi connectivity index (χ0) is 17.8. The number of imidazole rings is 1. The fourth-order valence-electron chi connectivity index (χ4n) is 3.43. The van der Waals surface area contributed by atoms with Crippen LogP contribution in [0.3, 0.4) is 0 Å². The van der Waals surface area contributed by atoms with Gasteiger partial charge in [0.1, 0.15) is 5.75 Å². The number of aromatic nitrogens is 4. The lowest BCUT2D eigenvalue weighted by molar-refractivity contribution is 0.166. The van der Waals surface area contributed by atoms with E-state index in [1.54, 1.807) is 12.4 Å². The largest absolute Gasteiger partial charge is 0.492 e. The molecule has 0 aliphatic carbocycles. The van der Waals surface area contributed by atoms with Gasteiger partial charge in [0.05, 0.1) is 30.5 Å². The van der Waals surface area contributed by atoms with Crippen molar-refractivity contribution in [2.24, 2.45) is 5.92 Å². The summed E-state index contributed by atoms with van der Waals surface area (Å²) >= 11 is 0. The van der Waals surface area contributed by atoms with Crippen molar-refractivity contribution in [2.75, 3.05) is 13.2 Å². The normalized spacial score (nSPS) is 17.5. The maximum absolute atomic E-state index is 5.97. The third kappa shape index (κ3) is 4.08. The molecule has 0 bridgehead atoms. The standard InChI is InChI=1S/C20H23N5O/c1-16-4-2-5-18(23-16)12-24-10-17(11-25-15-22-8-19(25)13-24)14-26-20-6-3-7-21-9-20/h2-9,15,17H,10-14H2,1H3/t17-/m0/s1. The van der Waals surface area contributed by atoms with Gasteiger partial charge in [-0.25, -0.2) is 4.98 Å². The van der Waals surface area contributed by atoms with Gasteiger partial charge < -0.3 is 9.30 Å². The van der Waals surface area contributed by atoms with Crippen molar-refractivity contribution in [1.82, 2.24) is 24.4 Å². The van der Waals surface area contributed by atoms with Gasteiger partial charge in [0.2, 0.25) is 0 Å². The summed E-state index contributed by atoms with van der Waals surface area (Å²) in [5, 5.41) is 0. The lowest BCUT2D eigenvalue weighted by Crippen LogP contribution is -2.31. The number of hydrogen-bond donors (Lipinski definition) is 0. The maximum atomic E-state index is 5.97. The van der Waals surface area contributed by atoms with Crippen LogP contribution in [0.1, 0.15) is 17.1 Å². The van der Waals surface area contributed by atoms with Crippen molar-refractivity contribution in [1.29, 1.82) is 0 Å². The highest BCUT2D eigenvalue weighted by Crippen LogP contribution is 2.19. The van der Waals surface area contributed by atoms with E-state index < -0.39 is 0 Å². The molecule has 4 heterocycles. The van der Waals surface area contributed by atoms with E-state index in [2.05, 4.69) is 36.6 Å². The second kappa shape index (κ2) is 7.66. The summed E-state index contributed by atoms with van der Waals surface area (Å²) in [7, 11) is 0. The third-order valence-corrected chi connectivity index (χ3v) is 4.61. The molecule has 0 saturated carbocycles. The van der Waals surface area contributed by atoms with E-state index in [4.69, 9.17) is 4.74 Å². The summed E-state index contributed by atoms with van der Waals surface area (Å²) in [6.45, 7) is 6.26. The van der Waals surface area contributed by atoms with Crippen molar-refractivity contribution in [3.8, 4) is 5.75 Å². The van der Waals surface area contributed by atoms with E-state index >= 15 is 0 Å². The molecule has 0 amide bonds. The Balaban J connectivity index is 1.48. The summed E-state index contributed by atoms with van der Waals surface area (Å²) in [5.41, 5.74) is 3.39. The molecule has 134 valence electrons. The number of hydrogen-bond acceptors (Lipinski definition) is 5. The van der Waals surface area contributed by atoms with E-state index in [0.29, 0.717) is 12.5 Å². The fourth-order valence-corrected chi connectivity index (χ4v) is 3.43. The molecule has 1 aliphatic heterocycles. The zero-order valence-electron chi connectivity index (χ0n) is 15.0. The molecule has 3 aromatic heterocycles. The molecule has 0 unspecified atom stereocenters. The van der Waals surface area contributed by atoms with Crippen molar-refractivity contribution < 1.29 is 4.74 Å². The number of ether oxygens (including phenoxy) is 1. The first kappa shape index (κ1) is 16.7. The summed E-state index contributed by atoms with van der Waals surface area (Å²) in [4.78, 5) is 15.5. The van der Waals surface area contributed by atoms with Crippen LogP contribution in [-0.4, -0.2) is 37.6 Å². The Labute approximate surface area is 153 Å². The second-order valence-electron chi connectivity index (χ2n) is 6.84. The zero-order valence-corrected chi connectivity index (χ0v) is 15.0. The van der Waals surface area contributed by atoms with E-state index in [-0.39, 0.29) is 0 Å². The van der Waals surface area contributed by atoms with Gasteiger partial charge in [-0.15, -0.1) is 0 Å². The molecule has 0 radical (unpaired) electrons. The molecule has 0 N–H and O–H groups in total. The van der Waals surface area contributed by atoms with E-state index in [0.717, 1.165) is 43.3 Å². The Morgan fingerprint density at radius 1 is 1.12 bits per heavy atom. The monoisotopic (exact) mass is 349 g/mol. The summed E-state index contributed by atoms with van der Waals surface area (Å²) in [6, 6.07) is 10.0. The van der Waals surface area contributed by atoms with Crippen LogP contribution in [-0.2, 0) is 19.6 Å². The van der Waals surface area contributed by atoms with Gasteiger partial charge >= 0.3 is 0 Å². The number of nitrogens with zero attached hydrogens (tertiary/aromatic N) is 5. The van der Waals surface area contributed by atoms with Gasteiger partial charge in [0, 0.05) is 50.2 Å². The van der Waals surface area contributed by atoms with Crippen molar-refractivity contribution >= 4 is 0 Å². The first-order valence-electron chi connectivity index (χ1n) is 8.93. The van der Waals surface area contributed by atoms with Gasteiger partial charge in [-0.3, -0.25) is 14.9 Å². The van der Waals surface area contributed by atoms with Gasteiger partial charge in [-0.2, -0.15) is 0 Å². The smallest absolute Gasteiger partial charge is 0.137 e. The molecule has 0 saturated heterocycles. The molecule has 26 heavy (non-hydrogen) atoms. The lowest BCUT2D eigenvalue weighted by atomic mass is 10.1. The predicted octanol–water partition coefficient (Wildman–Crippen LogP) is 2.69. The minimum absolute atomic E-state index is 0.371. The van der Waals surface area contributed by atoms with E-state index in [1.165, 1.54) is 5.69 Å². The quantitative estimate of drug-likeness (QED) is 0.709. The van der Waals surface area contributed by atoms with Crippen molar-refractivity contribution in [3.63, 3.8) is 0 Å². The average Bonchev–Trinajstić information content (AvgIpc) is 3.00. The third-order valence-electron chi connectivity index (χ3n) is 4.61. The summed E-state index contributed by atoms with van der Waals surface area (Å²) < 4.78 is 8.21. The van der Waals surface area contributed by atoms with Crippen LogP contribution in [0.5, 0.6) is 5.75 Å². The summed E-state index contributed by atoms with van der Waals surface area (Å²) in [5.74, 6) is 1.19. The van der Waals surface area contributed by atoms with Crippen LogP contribution in [0, 0.1) is 12.8 Å². The Hall–Kier alpha value is -2.73. The van der Waals surface area contributed by atoms with Crippen LogP contribution in [0.15, 0.2) is 55.2 Å². The molecular weight excluding hydrogens is 326 g/mol. The minimum atomic E-state index is 0.371. The highest BCUT2D eigenvalue weighted by Gasteiger charge is 2.23. The lowest BCUT2D eigenvalue weighted by Gasteiger charge is -2.23. The van der Waals surface area contributed by atoms with Gasteiger partial charge in [0.25, 0.3) is 0 Å². The van der Waals surface area contributed by atoms with Crippen molar-refractivity contribution in [2.45, 2.75) is 26.6 Å². The molecule has 1 atom stereocenters. The Kier molecular flexibility index (Phi) is 4.93. The number of pyridine rings is 2. The van der Waals surface area contributed by atoms with Crippen LogP contribution in [0.25, 0.3) is 0 Å². The van der Waals surface area contributed by atoms with E-state index in [9.17, 15) is 0 Å². The number of rotatable bonds is 5. The van der Waals surface area contributed by atoms with Crippen LogP contribution in [0.4, 0.5) is 0 Å². The van der Waals surface area contributed by atoms with Gasteiger partial charge in [0.15, 0.2) is 0 Å². The molecule has 3 aromatic rings. The molecule has 0 spiro atoms. The number of aryl methyl sites for hydroxylation is 1. The Morgan fingerprint density at radius 3 is 2.92 bits per heavy atom. The highest BCUT2D eigenvalue weighted by atomic mass is 16.5. The second-order valence-corrected chi connectivity index (χ2v) is 6.84. The van der Waals surface area contributed by atoms with Crippen LogP contribution < -0.4 is 4.74 Å². The van der Waals surface area contributed by atoms with Crippen LogP contribution >= 0.6 is 0 Å². The van der Waals surface area contributed by atoms with E-state index in [1.807, 2.05) is 37.6 Å². The first-order valence-corrected chi connectivity index (χ1v) is 8.93. The highest BCUT2D eigenvalue weighted by molar-refractivity contribution is 5.15. The maximum Gasteiger partial charge on any atom is 0.137 e. The van der Waals surface area contributed by atoms with Crippen molar-refractivity contribution in [3.05, 3.63) is 72.3 Å². The molecule has 6 heteroatoms. The van der Waals surface area contributed by atoms with Crippen LogP contribution in [0.2, 0.25) is 0 Å². The number of fused-ring (bicyclic) bond motifs is 1. The Bertz CT molecular complexity index is 848. The SMILES string of the molecule is Cc1cccc(CN2Cc3cncn3C[C@@H](COc3cccnc3)C2)n1. The molecule has 0 aromatic carbocycles. The Morgan fingerprint density at radius 2 is 2.08 bits per heavy atom. The molecule has 4 rings (SSSR count). The minimum Gasteiger partial charge on any atom is -0.492 e. The average molecular weight is 349 g/mol. The summed E-state index contributed by atoms with van der Waals surface area (Å²) in [6.07, 6.45) is 7.39. The molecule has 0 fully saturated rings. The molecular formula is C20H23N5O.